The number of anilines is 1. The molecular weight excluding hydrogens is 560 g/mol. The monoisotopic (exact) mass is 582 g/mol. The molecule has 2 aliphatic rings. The van der Waals surface area contributed by atoms with E-state index < -0.39 is 29.4 Å². The summed E-state index contributed by atoms with van der Waals surface area (Å²) in [4.78, 5) is 33.1. The minimum Gasteiger partial charge on any atom is -0.379 e. The maximum Gasteiger partial charge on any atom is 0.417 e. The molecule has 1 atom stereocenters. The van der Waals surface area contributed by atoms with Gasteiger partial charge in [0.1, 0.15) is 11.6 Å². The van der Waals surface area contributed by atoms with E-state index >= 15 is 0 Å². The second kappa shape index (κ2) is 10.5. The highest BCUT2D eigenvalue weighted by Gasteiger charge is 2.38. The summed E-state index contributed by atoms with van der Waals surface area (Å²) >= 11 is 7.11. The number of halogens is 5. The number of thioether (sulfide) groups is 1. The number of rotatable bonds is 4. The Morgan fingerprint density at radius 3 is 2.56 bits per heavy atom. The summed E-state index contributed by atoms with van der Waals surface area (Å²) in [7, 11) is 1.47. The van der Waals surface area contributed by atoms with E-state index in [2.05, 4.69) is 11.6 Å². The maximum absolute atomic E-state index is 14.7. The van der Waals surface area contributed by atoms with Crippen LogP contribution < -0.4 is 10.6 Å². The fourth-order valence-electron chi connectivity index (χ4n) is 4.95. The summed E-state index contributed by atoms with van der Waals surface area (Å²) in [5.41, 5.74) is -1.41. The Hall–Kier alpha value is -3.09. The Bertz CT molecular complexity index is 1540. The second-order valence-electron chi connectivity index (χ2n) is 9.16. The molecule has 1 amide bonds. The van der Waals surface area contributed by atoms with Gasteiger partial charge in [-0.2, -0.15) is 18.2 Å². The van der Waals surface area contributed by atoms with Crippen molar-refractivity contribution < 1.29 is 27.1 Å². The van der Waals surface area contributed by atoms with Gasteiger partial charge in [-0.25, -0.2) is 9.18 Å². The van der Waals surface area contributed by atoms with E-state index in [-0.39, 0.29) is 63.5 Å². The molecule has 0 aliphatic carbocycles. The zero-order valence-electron chi connectivity index (χ0n) is 20.7. The molecule has 3 heterocycles. The molecule has 5 rings (SSSR count). The number of ether oxygens (including phenoxy) is 1. The molecule has 0 bridgehead atoms. The summed E-state index contributed by atoms with van der Waals surface area (Å²) in [6, 6.07) is 4.42. The summed E-state index contributed by atoms with van der Waals surface area (Å²) in [5, 5.41) is -0.164. The Labute approximate surface area is 230 Å². The second-order valence-corrected chi connectivity index (χ2v) is 10.6. The van der Waals surface area contributed by atoms with Crippen molar-refractivity contribution in [3.63, 3.8) is 0 Å². The summed E-state index contributed by atoms with van der Waals surface area (Å²) in [5.74, 6) is -0.623. The first kappa shape index (κ1) is 27.5. The minimum absolute atomic E-state index is 0.0721. The van der Waals surface area contributed by atoms with Gasteiger partial charge < -0.3 is 14.5 Å². The minimum atomic E-state index is -4.79. The van der Waals surface area contributed by atoms with Crippen LogP contribution in [0.25, 0.3) is 22.0 Å². The predicted octanol–water partition coefficient (Wildman–Crippen LogP) is 4.83. The van der Waals surface area contributed by atoms with E-state index in [0.29, 0.717) is 18.6 Å². The molecule has 0 N–H and O–H groups in total. The predicted molar refractivity (Wildman–Crippen MR) is 142 cm³/mol. The van der Waals surface area contributed by atoms with Gasteiger partial charge in [-0.1, -0.05) is 24.2 Å². The lowest BCUT2D eigenvalue weighted by Gasteiger charge is -2.35. The van der Waals surface area contributed by atoms with Crippen molar-refractivity contribution in [2.75, 3.05) is 43.9 Å². The van der Waals surface area contributed by atoms with Gasteiger partial charge in [0.15, 0.2) is 0 Å². The molecule has 13 heteroatoms. The maximum atomic E-state index is 14.7. The van der Waals surface area contributed by atoms with E-state index in [1.807, 2.05) is 0 Å². The number of piperazine rings is 1. The number of carbonyl (C=O) groups is 1. The summed E-state index contributed by atoms with van der Waals surface area (Å²) in [6.07, 6.45) is -4.06. The number of aromatic nitrogens is 2. The van der Waals surface area contributed by atoms with Crippen molar-refractivity contribution in [1.29, 1.82) is 0 Å². The first-order chi connectivity index (χ1) is 18.5. The molecule has 2 aliphatic heterocycles. The summed E-state index contributed by atoms with van der Waals surface area (Å²) in [6.45, 7) is 4.71. The lowest BCUT2D eigenvalue weighted by atomic mass is 9.96. The molecule has 0 saturated carbocycles. The zero-order chi connectivity index (χ0) is 28.1. The van der Waals surface area contributed by atoms with E-state index in [9.17, 15) is 27.2 Å². The molecular formula is C26H23ClF4N4O3S. The molecule has 1 aromatic heterocycles. The SMILES string of the molecule is C=CC(=O)N1CCN(c2nc(=O)n3c4c(c(-c5ccc(F)c(Cl)c5)c(C(F)(F)F)cc24)SC[C@H](OC)C3)CC1. The highest BCUT2D eigenvalue weighted by atomic mass is 35.5. The van der Waals surface area contributed by atoms with Crippen molar-refractivity contribution in [3.8, 4) is 11.1 Å². The largest absolute Gasteiger partial charge is 0.417 e. The highest BCUT2D eigenvalue weighted by Crippen LogP contribution is 2.48. The first-order valence-corrected chi connectivity index (χ1v) is 13.4. The average molecular weight is 583 g/mol. The molecule has 3 aromatic rings. The van der Waals surface area contributed by atoms with Crippen LogP contribution in [0.5, 0.6) is 0 Å². The van der Waals surface area contributed by atoms with E-state index in [1.54, 1.807) is 9.80 Å². The first-order valence-electron chi connectivity index (χ1n) is 12.0. The van der Waals surface area contributed by atoms with Crippen LogP contribution in [-0.2, 0) is 22.3 Å². The molecule has 0 radical (unpaired) electrons. The standard InChI is InChI=1S/C26H23ClF4N4O3S/c1-3-20(36)33-6-8-34(9-7-33)24-16-11-17(26(29,30)31)21(14-4-5-19(28)18(27)10-14)23-22(16)35(25(37)32-24)12-15(38-2)13-39-23/h3-5,10-11,15H,1,6-9,12-13H2,2H3/t15-/m1/s1. The average Bonchev–Trinajstić information content (AvgIpc) is 3.12. The topological polar surface area (TPSA) is 67.7 Å². The number of methoxy groups -OCH3 is 1. The molecule has 206 valence electrons. The van der Waals surface area contributed by atoms with Crippen LogP contribution in [-0.4, -0.2) is 65.5 Å². The highest BCUT2D eigenvalue weighted by molar-refractivity contribution is 7.99. The van der Waals surface area contributed by atoms with Gasteiger partial charge in [0, 0.05) is 54.9 Å². The van der Waals surface area contributed by atoms with Gasteiger partial charge in [0.05, 0.1) is 28.8 Å². The number of carbonyl (C=O) groups excluding carboxylic acids is 1. The molecule has 39 heavy (non-hydrogen) atoms. The lowest BCUT2D eigenvalue weighted by Crippen LogP contribution is -2.49. The smallest absolute Gasteiger partial charge is 0.379 e. The van der Waals surface area contributed by atoms with Crippen molar-refractivity contribution in [3.05, 3.63) is 63.8 Å². The Morgan fingerprint density at radius 1 is 1.23 bits per heavy atom. The molecule has 1 saturated heterocycles. The van der Waals surface area contributed by atoms with Crippen molar-refractivity contribution in [2.45, 2.75) is 23.7 Å². The van der Waals surface area contributed by atoms with Crippen LogP contribution in [0, 0.1) is 5.82 Å². The van der Waals surface area contributed by atoms with Crippen molar-refractivity contribution in [2.24, 2.45) is 0 Å². The number of amides is 1. The van der Waals surface area contributed by atoms with Gasteiger partial charge in [-0.3, -0.25) is 9.36 Å². The van der Waals surface area contributed by atoms with Crippen LogP contribution in [0.1, 0.15) is 5.56 Å². The van der Waals surface area contributed by atoms with Crippen molar-refractivity contribution in [1.82, 2.24) is 14.5 Å². The number of alkyl halides is 3. The van der Waals surface area contributed by atoms with Gasteiger partial charge >= 0.3 is 11.9 Å². The third-order valence-electron chi connectivity index (χ3n) is 6.91. The van der Waals surface area contributed by atoms with Crippen molar-refractivity contribution >= 4 is 46.0 Å². The zero-order valence-corrected chi connectivity index (χ0v) is 22.3. The summed E-state index contributed by atoms with van der Waals surface area (Å²) < 4.78 is 64.8. The molecule has 0 spiro atoms. The Kier molecular flexibility index (Phi) is 7.38. The Morgan fingerprint density at radius 2 is 1.95 bits per heavy atom. The van der Waals surface area contributed by atoms with Crippen LogP contribution in [0.2, 0.25) is 5.02 Å². The molecule has 1 fully saturated rings. The number of benzene rings is 2. The van der Waals surface area contributed by atoms with Gasteiger partial charge in [0.25, 0.3) is 0 Å². The molecule has 0 unspecified atom stereocenters. The Balaban J connectivity index is 1.80. The lowest BCUT2D eigenvalue weighted by molar-refractivity contribution is -0.137. The fraction of sp³-hybridized carbons (Fsp3) is 0.346. The normalized spacial score (nSPS) is 17.8. The van der Waals surface area contributed by atoms with Crippen LogP contribution in [0.3, 0.4) is 0 Å². The van der Waals surface area contributed by atoms with Gasteiger partial charge in [0.2, 0.25) is 5.91 Å². The molecule has 7 nitrogen and oxygen atoms in total. The number of hydrogen-bond acceptors (Lipinski definition) is 6. The van der Waals surface area contributed by atoms with E-state index in [0.717, 1.165) is 30.0 Å². The van der Waals surface area contributed by atoms with Gasteiger partial charge in [-0.05, 0) is 29.8 Å². The van der Waals surface area contributed by atoms with E-state index in [4.69, 9.17) is 16.3 Å². The number of hydrogen-bond donors (Lipinski definition) is 0. The fourth-order valence-corrected chi connectivity index (χ4v) is 6.45. The van der Waals surface area contributed by atoms with Crippen LogP contribution >= 0.6 is 23.4 Å². The number of nitrogens with zero attached hydrogens (tertiary/aromatic N) is 4. The van der Waals surface area contributed by atoms with Crippen LogP contribution in [0.4, 0.5) is 23.4 Å². The quantitative estimate of drug-likeness (QED) is 0.324. The third kappa shape index (κ3) is 5.01. The molecule has 2 aromatic carbocycles. The van der Waals surface area contributed by atoms with Gasteiger partial charge in [-0.15, -0.1) is 11.8 Å². The van der Waals surface area contributed by atoms with E-state index in [1.165, 1.54) is 23.8 Å². The third-order valence-corrected chi connectivity index (χ3v) is 8.43. The van der Waals surface area contributed by atoms with Crippen LogP contribution in [0.15, 0.2) is 46.6 Å².